The highest BCUT2D eigenvalue weighted by Crippen LogP contribution is 2.32. The van der Waals surface area contributed by atoms with Gasteiger partial charge in [-0.25, -0.2) is 19.6 Å². The van der Waals surface area contributed by atoms with Crippen molar-refractivity contribution in [3.8, 4) is 0 Å². The second-order valence-electron chi connectivity index (χ2n) is 4.56. The molecular weight excluding hydrogens is 272 g/mol. The van der Waals surface area contributed by atoms with Crippen LogP contribution in [-0.4, -0.2) is 33.1 Å². The van der Waals surface area contributed by atoms with Crippen molar-refractivity contribution in [3.05, 3.63) is 48.3 Å². The summed E-state index contributed by atoms with van der Waals surface area (Å²) in [7, 11) is 0. The lowest BCUT2D eigenvalue weighted by molar-refractivity contribution is -0.138. The largest absolute Gasteiger partial charge is 0.480 e. The summed E-state index contributed by atoms with van der Waals surface area (Å²) >= 11 is 0. The molecule has 0 aliphatic carbocycles. The summed E-state index contributed by atoms with van der Waals surface area (Å²) in [5, 5.41) is 11.8. The van der Waals surface area contributed by atoms with Gasteiger partial charge in [-0.3, -0.25) is 10.2 Å². The van der Waals surface area contributed by atoms with Gasteiger partial charge >= 0.3 is 12.0 Å². The number of nitrogens with one attached hydrogen (secondary N) is 1. The number of carboxylic acids is 1. The lowest BCUT2D eigenvalue weighted by atomic mass is 10.1. The van der Waals surface area contributed by atoms with Crippen LogP contribution in [0, 0.1) is 0 Å². The highest BCUT2D eigenvalue weighted by atomic mass is 16.4. The molecule has 7 nitrogen and oxygen atoms in total. The Balaban J connectivity index is 1.91. The van der Waals surface area contributed by atoms with E-state index in [9.17, 15) is 14.7 Å². The molecule has 0 bridgehead atoms. The van der Waals surface area contributed by atoms with Crippen molar-refractivity contribution >= 4 is 23.6 Å². The average molecular weight is 284 g/mol. The van der Waals surface area contributed by atoms with Gasteiger partial charge < -0.3 is 5.11 Å². The number of urea groups is 1. The van der Waals surface area contributed by atoms with E-state index in [0.717, 1.165) is 5.56 Å². The van der Waals surface area contributed by atoms with Crippen molar-refractivity contribution in [2.45, 2.75) is 12.5 Å². The molecule has 2 amide bonds. The molecule has 1 aromatic carbocycles. The molecule has 0 radical (unpaired) electrons. The molecular formula is C14H12N4O3. The van der Waals surface area contributed by atoms with Gasteiger partial charge in [-0.2, -0.15) is 0 Å². The lowest BCUT2D eigenvalue weighted by Gasteiger charge is -2.22. The van der Waals surface area contributed by atoms with Crippen molar-refractivity contribution < 1.29 is 14.7 Å². The quantitative estimate of drug-likeness (QED) is 0.871. The van der Waals surface area contributed by atoms with E-state index >= 15 is 0 Å². The van der Waals surface area contributed by atoms with E-state index < -0.39 is 18.0 Å². The van der Waals surface area contributed by atoms with Crippen LogP contribution in [-0.2, 0) is 11.2 Å². The monoisotopic (exact) mass is 284 g/mol. The second-order valence-corrected chi connectivity index (χ2v) is 4.56. The molecule has 1 atom stereocenters. The Hall–Kier alpha value is -2.96. The number of aliphatic carboxylic acids is 1. The first kappa shape index (κ1) is 13.0. The normalized spacial score (nSPS) is 16.4. The fourth-order valence-corrected chi connectivity index (χ4v) is 2.35. The van der Waals surface area contributed by atoms with Gasteiger partial charge in [-0.1, -0.05) is 18.2 Å². The first-order chi connectivity index (χ1) is 10.2. The molecule has 0 fully saturated rings. The molecule has 1 aromatic heterocycles. The number of carbonyl (C=O) groups is 2. The number of para-hydroxylation sites is 1. The summed E-state index contributed by atoms with van der Waals surface area (Å²) in [6.45, 7) is 0. The van der Waals surface area contributed by atoms with Gasteiger partial charge in [0.25, 0.3) is 0 Å². The minimum absolute atomic E-state index is 0.135. The van der Waals surface area contributed by atoms with E-state index in [2.05, 4.69) is 15.3 Å². The van der Waals surface area contributed by atoms with Crippen molar-refractivity contribution in [2.24, 2.45) is 0 Å². The van der Waals surface area contributed by atoms with Crippen LogP contribution in [0.25, 0.3) is 0 Å². The zero-order valence-electron chi connectivity index (χ0n) is 10.9. The zero-order valence-corrected chi connectivity index (χ0v) is 10.9. The van der Waals surface area contributed by atoms with E-state index in [4.69, 9.17) is 0 Å². The third-order valence-corrected chi connectivity index (χ3v) is 3.26. The summed E-state index contributed by atoms with van der Waals surface area (Å²) in [5.41, 5.74) is 1.42. The van der Waals surface area contributed by atoms with Gasteiger partial charge in [-0.15, -0.1) is 0 Å². The number of benzene rings is 1. The first-order valence-electron chi connectivity index (χ1n) is 6.35. The Morgan fingerprint density at radius 2 is 1.90 bits per heavy atom. The summed E-state index contributed by atoms with van der Waals surface area (Å²) in [4.78, 5) is 32.8. The molecule has 1 aliphatic heterocycles. The molecule has 0 saturated heterocycles. The van der Waals surface area contributed by atoms with Crippen LogP contribution in [0.1, 0.15) is 5.56 Å². The summed E-state index contributed by atoms with van der Waals surface area (Å²) < 4.78 is 0. The minimum atomic E-state index is -1.05. The lowest BCUT2D eigenvalue weighted by Crippen LogP contribution is -2.45. The molecule has 0 spiro atoms. The van der Waals surface area contributed by atoms with Crippen LogP contribution in [0.5, 0.6) is 0 Å². The Bertz CT molecular complexity index is 690. The van der Waals surface area contributed by atoms with Crippen molar-refractivity contribution in [3.63, 3.8) is 0 Å². The molecule has 106 valence electrons. The van der Waals surface area contributed by atoms with Gasteiger partial charge in [0.1, 0.15) is 6.04 Å². The van der Waals surface area contributed by atoms with Crippen molar-refractivity contribution in [2.75, 3.05) is 10.2 Å². The molecule has 2 N–H and O–H groups in total. The van der Waals surface area contributed by atoms with E-state index in [0.29, 0.717) is 5.69 Å². The topological polar surface area (TPSA) is 95.4 Å². The molecule has 1 aliphatic rings. The number of nitrogens with zero attached hydrogens (tertiary/aromatic N) is 3. The van der Waals surface area contributed by atoms with Crippen molar-refractivity contribution in [1.29, 1.82) is 0 Å². The molecule has 21 heavy (non-hydrogen) atoms. The Kier molecular flexibility index (Phi) is 3.23. The fraction of sp³-hybridized carbons (Fsp3) is 0.143. The highest BCUT2D eigenvalue weighted by molar-refractivity contribution is 6.06. The van der Waals surface area contributed by atoms with E-state index in [1.165, 1.54) is 17.3 Å². The predicted molar refractivity (Wildman–Crippen MR) is 75.1 cm³/mol. The number of hydrogen-bond donors (Lipinski definition) is 2. The number of fused-ring (bicyclic) bond motifs is 1. The van der Waals surface area contributed by atoms with E-state index in [1.807, 2.05) is 12.1 Å². The van der Waals surface area contributed by atoms with E-state index in [1.54, 1.807) is 18.2 Å². The number of carbonyl (C=O) groups excluding carboxylic acids is 1. The molecule has 2 heterocycles. The second kappa shape index (κ2) is 5.20. The Morgan fingerprint density at radius 1 is 1.19 bits per heavy atom. The smallest absolute Gasteiger partial charge is 0.329 e. The minimum Gasteiger partial charge on any atom is -0.480 e. The third kappa shape index (κ3) is 2.40. The van der Waals surface area contributed by atoms with Crippen LogP contribution in [0.15, 0.2) is 42.7 Å². The van der Waals surface area contributed by atoms with Crippen LogP contribution in [0.4, 0.5) is 16.4 Å². The maximum absolute atomic E-state index is 12.4. The molecule has 1 unspecified atom stereocenters. The van der Waals surface area contributed by atoms with Gasteiger partial charge in [-0.05, 0) is 17.7 Å². The van der Waals surface area contributed by atoms with Crippen LogP contribution < -0.4 is 10.2 Å². The molecule has 7 heteroatoms. The maximum Gasteiger partial charge on any atom is 0.329 e. The van der Waals surface area contributed by atoms with Crippen molar-refractivity contribution in [1.82, 2.24) is 9.97 Å². The van der Waals surface area contributed by atoms with Gasteiger partial charge in [0.05, 0.1) is 0 Å². The SMILES string of the molecule is O=C(O)C1Cc2ccccc2N1C(=O)Nc1ncccn1. The number of carboxylic acid groups (broad SMARTS) is 1. The summed E-state index contributed by atoms with van der Waals surface area (Å²) in [5.74, 6) is -0.911. The zero-order chi connectivity index (χ0) is 14.8. The van der Waals surface area contributed by atoms with Crippen LogP contribution in [0.2, 0.25) is 0 Å². The number of rotatable bonds is 2. The number of amides is 2. The highest BCUT2D eigenvalue weighted by Gasteiger charge is 2.38. The summed E-state index contributed by atoms with van der Waals surface area (Å²) in [6.07, 6.45) is 3.28. The summed E-state index contributed by atoms with van der Waals surface area (Å²) in [6, 6.07) is 7.27. The first-order valence-corrected chi connectivity index (χ1v) is 6.35. The van der Waals surface area contributed by atoms with Crippen LogP contribution in [0.3, 0.4) is 0 Å². The third-order valence-electron chi connectivity index (χ3n) is 3.26. The average Bonchev–Trinajstić information content (AvgIpc) is 2.88. The Morgan fingerprint density at radius 3 is 2.62 bits per heavy atom. The molecule has 2 aromatic rings. The Labute approximate surface area is 120 Å². The number of anilines is 2. The number of aromatic nitrogens is 2. The maximum atomic E-state index is 12.4. The van der Waals surface area contributed by atoms with Gasteiger partial charge in [0, 0.05) is 24.5 Å². The molecule has 3 rings (SSSR count). The number of hydrogen-bond acceptors (Lipinski definition) is 4. The van der Waals surface area contributed by atoms with Gasteiger partial charge in [0.2, 0.25) is 5.95 Å². The predicted octanol–water partition coefficient (Wildman–Crippen LogP) is 1.52. The molecule has 0 saturated carbocycles. The fourth-order valence-electron chi connectivity index (χ4n) is 2.35. The van der Waals surface area contributed by atoms with Crippen LogP contribution >= 0.6 is 0 Å². The standard InChI is InChI=1S/C14H12N4O3/c19-12(20)11-8-9-4-1-2-5-10(9)18(11)14(21)17-13-15-6-3-7-16-13/h1-7,11H,8H2,(H,19,20)(H,15,16,17,21). The van der Waals surface area contributed by atoms with E-state index in [-0.39, 0.29) is 12.4 Å². The van der Waals surface area contributed by atoms with Gasteiger partial charge in [0.15, 0.2) is 0 Å².